The number of benzene rings is 2. The summed E-state index contributed by atoms with van der Waals surface area (Å²) in [5.41, 5.74) is 2.83. The highest BCUT2D eigenvalue weighted by atomic mass is 16.5. The van der Waals surface area contributed by atoms with Gasteiger partial charge in [-0.15, -0.1) is 0 Å². The SMILES string of the molecule is CCNC(=NCc1cccc(C(=O)NCCN(C)C)c1)N(C)Cc1ccc(OCC)cc1. The first-order chi connectivity index (χ1) is 15.4. The van der Waals surface area contributed by atoms with Crippen LogP contribution in [-0.4, -0.2) is 69.1 Å². The number of carbonyl (C=O) groups excluding carboxylic acids is 1. The zero-order valence-corrected chi connectivity index (χ0v) is 20.0. The fraction of sp³-hybridized carbons (Fsp3) is 0.440. The zero-order chi connectivity index (χ0) is 23.3. The molecule has 0 fully saturated rings. The number of hydrogen-bond acceptors (Lipinski definition) is 4. The molecule has 0 radical (unpaired) electrons. The second-order valence-corrected chi connectivity index (χ2v) is 7.86. The largest absolute Gasteiger partial charge is 0.494 e. The van der Waals surface area contributed by atoms with Gasteiger partial charge in [-0.3, -0.25) is 4.79 Å². The molecule has 0 aliphatic heterocycles. The van der Waals surface area contributed by atoms with Gasteiger partial charge in [0, 0.05) is 38.8 Å². The Kier molecular flexibility index (Phi) is 10.5. The highest BCUT2D eigenvalue weighted by Gasteiger charge is 2.09. The van der Waals surface area contributed by atoms with E-state index in [2.05, 4.69) is 34.6 Å². The van der Waals surface area contributed by atoms with Crippen molar-refractivity contribution in [2.24, 2.45) is 4.99 Å². The third kappa shape index (κ3) is 8.59. The van der Waals surface area contributed by atoms with Crippen molar-refractivity contribution in [1.29, 1.82) is 0 Å². The number of aliphatic imine (C=N–C) groups is 1. The molecule has 0 spiro atoms. The lowest BCUT2D eigenvalue weighted by atomic mass is 10.1. The molecular weight excluding hydrogens is 402 g/mol. The van der Waals surface area contributed by atoms with Gasteiger partial charge in [-0.25, -0.2) is 4.99 Å². The maximum atomic E-state index is 12.4. The van der Waals surface area contributed by atoms with Crippen LogP contribution in [0.1, 0.15) is 35.3 Å². The van der Waals surface area contributed by atoms with Crippen molar-refractivity contribution in [3.63, 3.8) is 0 Å². The molecule has 0 aromatic heterocycles. The summed E-state index contributed by atoms with van der Waals surface area (Å²) in [6, 6.07) is 15.8. The predicted octanol–water partition coefficient (Wildman–Crippen LogP) is 2.97. The third-order valence-electron chi connectivity index (χ3n) is 4.80. The molecule has 0 unspecified atom stereocenters. The number of rotatable bonds is 11. The highest BCUT2D eigenvalue weighted by Crippen LogP contribution is 2.13. The van der Waals surface area contributed by atoms with Crippen LogP contribution in [-0.2, 0) is 13.1 Å². The number of ether oxygens (including phenoxy) is 1. The smallest absolute Gasteiger partial charge is 0.251 e. The molecular formula is C25H37N5O2. The van der Waals surface area contributed by atoms with Crippen LogP contribution < -0.4 is 15.4 Å². The van der Waals surface area contributed by atoms with Gasteiger partial charge in [0.2, 0.25) is 0 Å². The van der Waals surface area contributed by atoms with Gasteiger partial charge in [0.05, 0.1) is 13.2 Å². The lowest BCUT2D eigenvalue weighted by Crippen LogP contribution is -2.38. The molecule has 0 aliphatic carbocycles. The van der Waals surface area contributed by atoms with E-state index in [1.165, 1.54) is 5.56 Å². The minimum Gasteiger partial charge on any atom is -0.494 e. The van der Waals surface area contributed by atoms with Crippen molar-refractivity contribution < 1.29 is 9.53 Å². The Balaban J connectivity index is 2.01. The number of likely N-dealkylation sites (N-methyl/N-ethyl adjacent to an activating group) is 1. The summed E-state index contributed by atoms with van der Waals surface area (Å²) in [6.45, 7) is 8.13. The summed E-state index contributed by atoms with van der Waals surface area (Å²) in [5.74, 6) is 1.64. The van der Waals surface area contributed by atoms with Crippen molar-refractivity contribution in [2.75, 3.05) is 47.4 Å². The molecule has 7 heteroatoms. The van der Waals surface area contributed by atoms with Crippen molar-refractivity contribution >= 4 is 11.9 Å². The summed E-state index contributed by atoms with van der Waals surface area (Å²) in [6.07, 6.45) is 0. The number of nitrogens with one attached hydrogen (secondary N) is 2. The topological polar surface area (TPSA) is 69.2 Å². The van der Waals surface area contributed by atoms with Crippen LogP contribution in [0.25, 0.3) is 0 Å². The van der Waals surface area contributed by atoms with E-state index in [1.807, 2.05) is 69.4 Å². The van der Waals surface area contributed by atoms with E-state index in [4.69, 9.17) is 9.73 Å². The van der Waals surface area contributed by atoms with Crippen molar-refractivity contribution in [2.45, 2.75) is 26.9 Å². The fourth-order valence-corrected chi connectivity index (χ4v) is 3.15. The summed E-state index contributed by atoms with van der Waals surface area (Å²) in [4.78, 5) is 21.3. The maximum Gasteiger partial charge on any atom is 0.251 e. The molecule has 2 aromatic rings. The van der Waals surface area contributed by atoms with Crippen LogP contribution in [0.5, 0.6) is 5.75 Å². The van der Waals surface area contributed by atoms with Gasteiger partial charge in [-0.05, 0) is 63.3 Å². The lowest BCUT2D eigenvalue weighted by Gasteiger charge is -2.22. The van der Waals surface area contributed by atoms with E-state index in [9.17, 15) is 4.79 Å². The van der Waals surface area contributed by atoms with Gasteiger partial charge < -0.3 is 25.2 Å². The van der Waals surface area contributed by atoms with Gasteiger partial charge in [0.25, 0.3) is 5.91 Å². The Hall–Kier alpha value is -3.06. The Labute approximate surface area is 192 Å². The van der Waals surface area contributed by atoms with E-state index >= 15 is 0 Å². The van der Waals surface area contributed by atoms with Gasteiger partial charge in [0.15, 0.2) is 5.96 Å². The summed E-state index contributed by atoms with van der Waals surface area (Å²) < 4.78 is 5.52. The molecule has 32 heavy (non-hydrogen) atoms. The molecule has 0 atom stereocenters. The van der Waals surface area contributed by atoms with E-state index in [-0.39, 0.29) is 5.91 Å². The molecule has 0 bridgehead atoms. The van der Waals surface area contributed by atoms with Gasteiger partial charge in [0.1, 0.15) is 5.75 Å². The Morgan fingerprint density at radius 3 is 2.41 bits per heavy atom. The lowest BCUT2D eigenvalue weighted by molar-refractivity contribution is 0.0951. The second-order valence-electron chi connectivity index (χ2n) is 7.86. The van der Waals surface area contributed by atoms with E-state index in [0.29, 0.717) is 25.3 Å². The normalized spacial score (nSPS) is 11.4. The number of hydrogen-bond donors (Lipinski definition) is 2. The molecule has 0 saturated heterocycles. The number of nitrogens with zero attached hydrogens (tertiary/aromatic N) is 3. The highest BCUT2D eigenvalue weighted by molar-refractivity contribution is 5.94. The quantitative estimate of drug-likeness (QED) is 0.416. The molecule has 1 amide bonds. The summed E-state index contributed by atoms with van der Waals surface area (Å²) >= 11 is 0. The Morgan fingerprint density at radius 1 is 1.00 bits per heavy atom. The van der Waals surface area contributed by atoms with Crippen molar-refractivity contribution in [3.8, 4) is 5.75 Å². The zero-order valence-electron chi connectivity index (χ0n) is 20.0. The van der Waals surface area contributed by atoms with Crippen LogP contribution in [0.4, 0.5) is 0 Å². The average Bonchev–Trinajstić information content (AvgIpc) is 2.78. The van der Waals surface area contributed by atoms with Crippen molar-refractivity contribution in [3.05, 3.63) is 65.2 Å². The first-order valence-corrected chi connectivity index (χ1v) is 11.2. The monoisotopic (exact) mass is 439 g/mol. The van der Waals surface area contributed by atoms with Crippen LogP contribution in [0.15, 0.2) is 53.5 Å². The molecule has 2 aromatic carbocycles. The number of amides is 1. The van der Waals surface area contributed by atoms with Gasteiger partial charge in [-0.2, -0.15) is 0 Å². The third-order valence-corrected chi connectivity index (χ3v) is 4.80. The Bertz CT molecular complexity index is 865. The summed E-state index contributed by atoms with van der Waals surface area (Å²) in [5, 5.41) is 6.30. The minimum absolute atomic E-state index is 0.0581. The second kappa shape index (κ2) is 13.4. The summed E-state index contributed by atoms with van der Waals surface area (Å²) in [7, 11) is 5.99. The first-order valence-electron chi connectivity index (χ1n) is 11.2. The first kappa shape index (κ1) is 25.2. The number of carbonyl (C=O) groups is 1. The molecule has 2 N–H and O–H groups in total. The van der Waals surface area contributed by atoms with Gasteiger partial charge in [-0.1, -0.05) is 24.3 Å². The predicted molar refractivity (Wildman–Crippen MR) is 131 cm³/mol. The average molecular weight is 440 g/mol. The molecule has 174 valence electrons. The van der Waals surface area contributed by atoms with E-state index < -0.39 is 0 Å². The van der Waals surface area contributed by atoms with Crippen LogP contribution >= 0.6 is 0 Å². The van der Waals surface area contributed by atoms with Gasteiger partial charge >= 0.3 is 0 Å². The molecule has 2 rings (SSSR count). The van der Waals surface area contributed by atoms with Crippen LogP contribution in [0.3, 0.4) is 0 Å². The molecule has 0 aliphatic rings. The minimum atomic E-state index is -0.0581. The Morgan fingerprint density at radius 2 is 1.75 bits per heavy atom. The van der Waals surface area contributed by atoms with Crippen LogP contribution in [0.2, 0.25) is 0 Å². The fourth-order valence-electron chi connectivity index (χ4n) is 3.15. The molecule has 0 heterocycles. The van der Waals surface area contributed by atoms with Crippen molar-refractivity contribution in [1.82, 2.24) is 20.4 Å². The number of guanidine groups is 1. The van der Waals surface area contributed by atoms with E-state index in [1.54, 1.807) is 0 Å². The van der Waals surface area contributed by atoms with Crippen LogP contribution in [0, 0.1) is 0 Å². The molecule has 7 nitrogen and oxygen atoms in total. The van der Waals surface area contributed by atoms with E-state index in [0.717, 1.165) is 36.9 Å². The standard InChI is InChI=1S/C25H37N5O2/c1-6-26-25(30(5)19-20-11-13-23(14-12-20)32-7-2)28-18-21-9-8-10-22(17-21)24(31)27-15-16-29(3)4/h8-14,17H,6-7,15-16,18-19H2,1-5H3,(H,26,28)(H,27,31). The maximum absolute atomic E-state index is 12.4. The molecule has 0 saturated carbocycles.